The molecule has 4 atom stereocenters. The summed E-state index contributed by atoms with van der Waals surface area (Å²) in [6.45, 7) is 11.0. The fourth-order valence-corrected chi connectivity index (χ4v) is 3.92. The standard InChI is InChI=1S/C16H28O2/c1-11-6-7-14(17)16(4,18-5)9-8-13-12(11)10-15(13,2)3/h12-14,17H,1,6-10H2,2-5H3/t12-,13-,14-,16-/m1/s1. The second-order valence-electron chi connectivity index (χ2n) is 7.17. The van der Waals surface area contributed by atoms with Crippen molar-refractivity contribution in [2.45, 2.75) is 64.6 Å². The zero-order valence-electron chi connectivity index (χ0n) is 12.3. The maximum Gasteiger partial charge on any atom is 0.0908 e. The van der Waals surface area contributed by atoms with Crippen molar-refractivity contribution in [1.82, 2.24) is 0 Å². The first-order valence-corrected chi connectivity index (χ1v) is 7.21. The fourth-order valence-electron chi connectivity index (χ4n) is 3.92. The van der Waals surface area contributed by atoms with E-state index in [1.165, 1.54) is 12.0 Å². The quantitative estimate of drug-likeness (QED) is 0.723. The molecule has 0 aromatic carbocycles. The summed E-state index contributed by atoms with van der Waals surface area (Å²) >= 11 is 0. The third kappa shape index (κ3) is 2.25. The highest BCUT2D eigenvalue weighted by atomic mass is 16.5. The molecule has 0 spiro atoms. The Morgan fingerprint density at radius 1 is 1.28 bits per heavy atom. The molecule has 0 aromatic heterocycles. The van der Waals surface area contributed by atoms with Crippen LogP contribution in [-0.4, -0.2) is 23.9 Å². The summed E-state index contributed by atoms with van der Waals surface area (Å²) in [5.74, 6) is 1.39. The van der Waals surface area contributed by atoms with Crippen molar-refractivity contribution >= 4 is 0 Å². The van der Waals surface area contributed by atoms with Gasteiger partial charge in [0.25, 0.3) is 0 Å². The molecule has 18 heavy (non-hydrogen) atoms. The van der Waals surface area contributed by atoms with Gasteiger partial charge in [0.2, 0.25) is 0 Å². The Morgan fingerprint density at radius 2 is 1.94 bits per heavy atom. The van der Waals surface area contributed by atoms with Crippen molar-refractivity contribution in [2.75, 3.05) is 7.11 Å². The van der Waals surface area contributed by atoms with Gasteiger partial charge in [-0.1, -0.05) is 26.0 Å². The SMILES string of the molecule is C=C1CC[C@@H](O)[C@](C)(OC)CC[C@@H]2[C@@H]1CC2(C)C. The molecular weight excluding hydrogens is 224 g/mol. The minimum absolute atomic E-state index is 0.375. The topological polar surface area (TPSA) is 29.5 Å². The Bertz CT molecular complexity index is 334. The van der Waals surface area contributed by atoms with Gasteiger partial charge in [-0.05, 0) is 56.3 Å². The Morgan fingerprint density at radius 3 is 2.50 bits per heavy atom. The monoisotopic (exact) mass is 252 g/mol. The minimum Gasteiger partial charge on any atom is -0.390 e. The zero-order chi connectivity index (χ0) is 13.6. The molecule has 104 valence electrons. The molecule has 0 unspecified atom stereocenters. The van der Waals surface area contributed by atoms with Crippen molar-refractivity contribution < 1.29 is 9.84 Å². The third-order valence-electron chi connectivity index (χ3n) is 5.62. The van der Waals surface area contributed by atoms with E-state index in [1.807, 2.05) is 6.92 Å². The maximum absolute atomic E-state index is 10.3. The van der Waals surface area contributed by atoms with Crippen LogP contribution in [0.25, 0.3) is 0 Å². The second-order valence-corrected chi connectivity index (χ2v) is 7.17. The molecule has 0 saturated heterocycles. The van der Waals surface area contributed by atoms with E-state index >= 15 is 0 Å². The van der Waals surface area contributed by atoms with Crippen LogP contribution in [0.2, 0.25) is 0 Å². The molecule has 2 nitrogen and oxygen atoms in total. The Balaban J connectivity index is 2.17. The fraction of sp³-hybridized carbons (Fsp3) is 0.875. The largest absolute Gasteiger partial charge is 0.390 e. The van der Waals surface area contributed by atoms with Gasteiger partial charge in [0, 0.05) is 7.11 Å². The van der Waals surface area contributed by atoms with Crippen LogP contribution >= 0.6 is 0 Å². The molecule has 2 aliphatic rings. The number of aliphatic hydroxyl groups excluding tert-OH is 1. The number of aliphatic hydroxyl groups is 1. The Hall–Kier alpha value is -0.340. The lowest BCUT2D eigenvalue weighted by molar-refractivity contribution is -0.105. The predicted molar refractivity (Wildman–Crippen MR) is 74.4 cm³/mol. The zero-order valence-corrected chi connectivity index (χ0v) is 12.3. The molecule has 0 aliphatic heterocycles. The van der Waals surface area contributed by atoms with Crippen LogP contribution in [0.3, 0.4) is 0 Å². The molecule has 0 radical (unpaired) electrons. The van der Waals surface area contributed by atoms with Gasteiger partial charge in [0.15, 0.2) is 0 Å². The highest BCUT2D eigenvalue weighted by Crippen LogP contribution is 2.57. The molecular formula is C16H28O2. The lowest BCUT2D eigenvalue weighted by Crippen LogP contribution is -2.46. The molecule has 1 N–H and O–H groups in total. The summed E-state index contributed by atoms with van der Waals surface area (Å²) in [6.07, 6.45) is 4.70. The predicted octanol–water partition coefficient (Wildman–Crippen LogP) is 3.54. The molecule has 2 aliphatic carbocycles. The van der Waals surface area contributed by atoms with Crippen molar-refractivity contribution in [3.8, 4) is 0 Å². The average molecular weight is 252 g/mol. The van der Waals surface area contributed by atoms with Crippen LogP contribution in [0, 0.1) is 17.3 Å². The van der Waals surface area contributed by atoms with Gasteiger partial charge in [0.05, 0.1) is 11.7 Å². The van der Waals surface area contributed by atoms with Gasteiger partial charge >= 0.3 is 0 Å². The number of rotatable bonds is 1. The van der Waals surface area contributed by atoms with E-state index in [-0.39, 0.29) is 11.7 Å². The van der Waals surface area contributed by atoms with Gasteiger partial charge in [-0.2, -0.15) is 0 Å². The van der Waals surface area contributed by atoms with Crippen LogP contribution in [0.1, 0.15) is 52.9 Å². The van der Waals surface area contributed by atoms with E-state index in [4.69, 9.17) is 4.74 Å². The van der Waals surface area contributed by atoms with Gasteiger partial charge in [-0.15, -0.1) is 0 Å². The first-order chi connectivity index (χ1) is 8.30. The summed E-state index contributed by atoms with van der Waals surface area (Å²) < 4.78 is 5.61. The third-order valence-corrected chi connectivity index (χ3v) is 5.62. The molecule has 0 heterocycles. The van der Waals surface area contributed by atoms with Crippen LogP contribution < -0.4 is 0 Å². The normalized spacial score (nSPS) is 44.3. The van der Waals surface area contributed by atoms with Crippen molar-refractivity contribution in [3.63, 3.8) is 0 Å². The van der Waals surface area contributed by atoms with Crippen LogP contribution in [0.15, 0.2) is 12.2 Å². The molecule has 2 rings (SSSR count). The van der Waals surface area contributed by atoms with Crippen molar-refractivity contribution in [3.05, 3.63) is 12.2 Å². The van der Waals surface area contributed by atoms with E-state index in [9.17, 15) is 5.11 Å². The van der Waals surface area contributed by atoms with Gasteiger partial charge in [-0.3, -0.25) is 0 Å². The molecule has 2 heteroatoms. The number of methoxy groups -OCH3 is 1. The lowest BCUT2D eigenvalue weighted by Gasteiger charge is -2.53. The van der Waals surface area contributed by atoms with Crippen molar-refractivity contribution in [2.24, 2.45) is 17.3 Å². The molecule has 0 aromatic rings. The summed E-state index contributed by atoms with van der Waals surface area (Å²) in [6, 6.07) is 0. The van der Waals surface area contributed by atoms with E-state index < -0.39 is 0 Å². The van der Waals surface area contributed by atoms with E-state index in [2.05, 4.69) is 20.4 Å². The first kappa shape index (κ1) is 14.1. The highest BCUT2D eigenvalue weighted by Gasteiger charge is 2.49. The molecule has 0 amide bonds. The number of ether oxygens (including phenoxy) is 1. The number of hydrogen-bond acceptors (Lipinski definition) is 2. The maximum atomic E-state index is 10.3. The highest BCUT2D eigenvalue weighted by molar-refractivity contribution is 5.14. The van der Waals surface area contributed by atoms with Gasteiger partial charge < -0.3 is 9.84 Å². The summed E-state index contributed by atoms with van der Waals surface area (Å²) in [7, 11) is 1.72. The Kier molecular flexibility index (Phi) is 3.63. The van der Waals surface area contributed by atoms with Crippen LogP contribution in [0.4, 0.5) is 0 Å². The molecule has 2 saturated carbocycles. The smallest absolute Gasteiger partial charge is 0.0908 e. The first-order valence-electron chi connectivity index (χ1n) is 7.21. The molecule has 0 bridgehead atoms. The van der Waals surface area contributed by atoms with Gasteiger partial charge in [0.1, 0.15) is 0 Å². The number of hydrogen-bond donors (Lipinski definition) is 1. The number of fused-ring (bicyclic) bond motifs is 1. The van der Waals surface area contributed by atoms with Gasteiger partial charge in [-0.25, -0.2) is 0 Å². The van der Waals surface area contributed by atoms with Crippen LogP contribution in [0.5, 0.6) is 0 Å². The van der Waals surface area contributed by atoms with E-state index in [0.29, 0.717) is 17.3 Å². The van der Waals surface area contributed by atoms with Crippen molar-refractivity contribution in [1.29, 1.82) is 0 Å². The Labute approximate surface area is 111 Å². The number of allylic oxidation sites excluding steroid dienone is 1. The van der Waals surface area contributed by atoms with Crippen LogP contribution in [-0.2, 0) is 4.74 Å². The second kappa shape index (κ2) is 4.64. The van der Waals surface area contributed by atoms with E-state index in [1.54, 1.807) is 7.11 Å². The summed E-state index contributed by atoms with van der Waals surface area (Å²) in [5, 5.41) is 10.3. The summed E-state index contributed by atoms with van der Waals surface area (Å²) in [4.78, 5) is 0. The lowest BCUT2D eigenvalue weighted by atomic mass is 9.52. The molecule has 2 fully saturated rings. The average Bonchev–Trinajstić information content (AvgIpc) is 2.34. The minimum atomic E-state index is -0.388. The van der Waals surface area contributed by atoms with E-state index in [0.717, 1.165) is 25.7 Å². The summed E-state index contributed by atoms with van der Waals surface area (Å²) in [5.41, 5.74) is 1.39.